The van der Waals surface area contributed by atoms with Crippen molar-refractivity contribution in [3.05, 3.63) is 39.9 Å². The third kappa shape index (κ3) is 3.93. The predicted molar refractivity (Wildman–Crippen MR) is 80.5 cm³/mol. The molecule has 1 aromatic heterocycles. The molecule has 0 unspecified atom stereocenters. The molecule has 0 aliphatic heterocycles. The molecule has 1 heterocycles. The van der Waals surface area contributed by atoms with Gasteiger partial charge in [-0.1, -0.05) is 11.6 Å². The third-order valence-corrected chi connectivity index (χ3v) is 5.22. The summed E-state index contributed by atoms with van der Waals surface area (Å²) in [5.41, 5.74) is 0.348. The number of sulfonamides is 1. The molecule has 0 bridgehead atoms. The highest BCUT2D eigenvalue weighted by Crippen LogP contribution is 2.25. The first-order valence-electron chi connectivity index (χ1n) is 5.74. The summed E-state index contributed by atoms with van der Waals surface area (Å²) < 4.78 is 26.6. The highest BCUT2D eigenvalue weighted by molar-refractivity contribution is 7.93. The van der Waals surface area contributed by atoms with Gasteiger partial charge in [-0.3, -0.25) is 9.52 Å². The maximum absolute atomic E-state index is 12.2. The summed E-state index contributed by atoms with van der Waals surface area (Å²) in [5, 5.41) is 9.32. The fourth-order valence-corrected chi connectivity index (χ4v) is 3.76. The molecule has 6 nitrogen and oxygen atoms in total. The van der Waals surface area contributed by atoms with Gasteiger partial charge in [-0.2, -0.15) is 0 Å². The molecule has 2 rings (SSSR count). The van der Waals surface area contributed by atoms with Gasteiger partial charge in [0.1, 0.15) is 0 Å². The van der Waals surface area contributed by atoms with Gasteiger partial charge in [0, 0.05) is 9.90 Å². The number of benzene rings is 1. The first kappa shape index (κ1) is 15.7. The molecule has 112 valence electrons. The van der Waals surface area contributed by atoms with Gasteiger partial charge in [-0.15, -0.1) is 11.3 Å². The van der Waals surface area contributed by atoms with Crippen LogP contribution in [0.2, 0.25) is 5.02 Å². The molecule has 1 aromatic carbocycles. The van der Waals surface area contributed by atoms with Crippen LogP contribution in [0.5, 0.6) is 0 Å². The van der Waals surface area contributed by atoms with E-state index in [1.54, 1.807) is 6.92 Å². The fraction of sp³-hybridized carbons (Fsp3) is 0.167. The minimum absolute atomic E-state index is 0.0551. The van der Waals surface area contributed by atoms with Gasteiger partial charge in [0.25, 0.3) is 10.0 Å². The summed E-state index contributed by atoms with van der Waals surface area (Å²) in [6.45, 7) is 1.69. The molecular formula is C12H11ClN2O4S2. The molecule has 0 saturated carbocycles. The Kier molecular flexibility index (Phi) is 4.50. The predicted octanol–water partition coefficient (Wildman–Crippen LogP) is 2.53. The summed E-state index contributed by atoms with van der Waals surface area (Å²) in [6.07, 6.45) is -0.245. The molecule has 0 aliphatic carbocycles. The summed E-state index contributed by atoms with van der Waals surface area (Å²) in [5.74, 6) is -1.02. The second kappa shape index (κ2) is 6.00. The number of hydrogen-bond acceptors (Lipinski definition) is 5. The Morgan fingerprint density at radius 1 is 1.38 bits per heavy atom. The van der Waals surface area contributed by atoms with E-state index in [2.05, 4.69) is 9.71 Å². The highest BCUT2D eigenvalue weighted by atomic mass is 35.5. The molecular weight excluding hydrogens is 336 g/mol. The lowest BCUT2D eigenvalue weighted by Crippen LogP contribution is -2.12. The van der Waals surface area contributed by atoms with Crippen molar-refractivity contribution in [3.63, 3.8) is 0 Å². The SMILES string of the molecule is Cc1sc(NS(=O)(=O)c2ccc(Cl)cc2)nc1CC(=O)O. The lowest BCUT2D eigenvalue weighted by atomic mass is 10.3. The molecule has 0 amide bonds. The molecule has 0 saturated heterocycles. The lowest BCUT2D eigenvalue weighted by Gasteiger charge is -2.04. The van der Waals surface area contributed by atoms with E-state index in [0.29, 0.717) is 15.6 Å². The van der Waals surface area contributed by atoms with Gasteiger partial charge in [-0.25, -0.2) is 13.4 Å². The molecule has 0 aliphatic rings. The Morgan fingerprint density at radius 2 is 2.00 bits per heavy atom. The maximum atomic E-state index is 12.2. The number of carboxylic acids is 1. The first-order chi connectivity index (χ1) is 9.78. The highest BCUT2D eigenvalue weighted by Gasteiger charge is 2.18. The number of nitrogens with one attached hydrogen (secondary N) is 1. The minimum atomic E-state index is -3.77. The van der Waals surface area contributed by atoms with Gasteiger partial charge in [0.2, 0.25) is 0 Å². The van der Waals surface area contributed by atoms with E-state index in [4.69, 9.17) is 16.7 Å². The Labute approximate surface area is 130 Å². The van der Waals surface area contributed by atoms with Crippen LogP contribution < -0.4 is 4.72 Å². The summed E-state index contributed by atoms with van der Waals surface area (Å²) in [7, 11) is -3.77. The van der Waals surface area contributed by atoms with Gasteiger partial charge < -0.3 is 5.11 Å². The van der Waals surface area contributed by atoms with Crippen molar-refractivity contribution in [2.24, 2.45) is 0 Å². The number of aliphatic carboxylic acids is 1. The number of nitrogens with zero attached hydrogens (tertiary/aromatic N) is 1. The van der Waals surface area contributed by atoms with E-state index in [1.807, 2.05) is 0 Å². The number of aryl methyl sites for hydroxylation is 1. The van der Waals surface area contributed by atoms with E-state index < -0.39 is 16.0 Å². The summed E-state index contributed by atoms with van der Waals surface area (Å²) in [6, 6.07) is 5.70. The van der Waals surface area contributed by atoms with Gasteiger partial charge in [0.05, 0.1) is 17.0 Å². The zero-order valence-electron chi connectivity index (χ0n) is 10.8. The number of hydrogen-bond donors (Lipinski definition) is 2. The van der Waals surface area contributed by atoms with Crippen LogP contribution in [0.15, 0.2) is 29.2 Å². The summed E-state index contributed by atoms with van der Waals surface area (Å²) in [4.78, 5) is 15.4. The standard InChI is InChI=1S/C12H11ClN2O4S2/c1-7-10(6-11(16)17)14-12(20-7)15-21(18,19)9-4-2-8(13)3-5-9/h2-5H,6H2,1H3,(H,14,15)(H,16,17). The molecule has 0 radical (unpaired) electrons. The molecule has 0 fully saturated rings. The lowest BCUT2D eigenvalue weighted by molar-refractivity contribution is -0.136. The van der Waals surface area contributed by atoms with E-state index in [0.717, 1.165) is 11.3 Å². The minimum Gasteiger partial charge on any atom is -0.481 e. The zero-order valence-corrected chi connectivity index (χ0v) is 13.2. The quantitative estimate of drug-likeness (QED) is 0.867. The van der Waals surface area contributed by atoms with Crippen LogP contribution in [0, 0.1) is 6.92 Å². The summed E-state index contributed by atoms with van der Waals surface area (Å²) >= 11 is 6.80. The van der Waals surface area contributed by atoms with Crippen LogP contribution in [-0.2, 0) is 21.2 Å². The Bertz CT molecular complexity index is 769. The van der Waals surface area contributed by atoms with E-state index in [-0.39, 0.29) is 16.4 Å². The van der Waals surface area contributed by atoms with Crippen molar-refractivity contribution in [2.75, 3.05) is 4.72 Å². The normalized spacial score (nSPS) is 11.3. The van der Waals surface area contributed by atoms with E-state index >= 15 is 0 Å². The van der Waals surface area contributed by atoms with Crippen molar-refractivity contribution in [1.82, 2.24) is 4.98 Å². The molecule has 0 spiro atoms. The van der Waals surface area contributed by atoms with E-state index in [9.17, 15) is 13.2 Å². The Balaban J connectivity index is 2.24. The largest absolute Gasteiger partial charge is 0.481 e. The van der Waals surface area contributed by atoms with Gasteiger partial charge in [0.15, 0.2) is 5.13 Å². The topological polar surface area (TPSA) is 96.4 Å². The van der Waals surface area contributed by atoms with Crippen LogP contribution in [0.3, 0.4) is 0 Å². The van der Waals surface area contributed by atoms with Crippen LogP contribution >= 0.6 is 22.9 Å². The fourth-order valence-electron chi connectivity index (χ4n) is 1.57. The van der Waals surface area contributed by atoms with Crippen LogP contribution in [0.4, 0.5) is 5.13 Å². The average Bonchev–Trinajstić information content (AvgIpc) is 2.68. The van der Waals surface area contributed by atoms with Gasteiger partial charge in [-0.05, 0) is 31.2 Å². The Hall–Kier alpha value is -1.64. The van der Waals surface area contributed by atoms with Gasteiger partial charge >= 0.3 is 5.97 Å². The maximum Gasteiger partial charge on any atom is 0.309 e. The molecule has 0 atom stereocenters. The number of halogens is 1. The van der Waals surface area contributed by atoms with Crippen molar-refractivity contribution in [2.45, 2.75) is 18.2 Å². The number of thiazole rings is 1. The van der Waals surface area contributed by atoms with Crippen molar-refractivity contribution < 1.29 is 18.3 Å². The van der Waals surface area contributed by atoms with Crippen LogP contribution in [0.25, 0.3) is 0 Å². The molecule has 9 heteroatoms. The smallest absolute Gasteiger partial charge is 0.309 e. The number of carboxylic acid groups (broad SMARTS) is 1. The number of anilines is 1. The van der Waals surface area contributed by atoms with Crippen molar-refractivity contribution in [1.29, 1.82) is 0 Å². The monoisotopic (exact) mass is 346 g/mol. The molecule has 21 heavy (non-hydrogen) atoms. The number of aromatic nitrogens is 1. The Morgan fingerprint density at radius 3 is 2.57 bits per heavy atom. The first-order valence-corrected chi connectivity index (χ1v) is 8.42. The third-order valence-electron chi connectivity index (χ3n) is 2.56. The van der Waals surface area contributed by atoms with Crippen molar-refractivity contribution >= 4 is 44.1 Å². The molecule has 2 N–H and O–H groups in total. The second-order valence-electron chi connectivity index (χ2n) is 4.15. The molecule has 2 aromatic rings. The van der Waals surface area contributed by atoms with Crippen LogP contribution in [-0.4, -0.2) is 24.5 Å². The van der Waals surface area contributed by atoms with Crippen LogP contribution in [0.1, 0.15) is 10.6 Å². The van der Waals surface area contributed by atoms with E-state index in [1.165, 1.54) is 24.3 Å². The second-order valence-corrected chi connectivity index (χ2v) is 7.47. The average molecular weight is 347 g/mol. The van der Waals surface area contributed by atoms with Crippen molar-refractivity contribution in [3.8, 4) is 0 Å². The number of carbonyl (C=O) groups is 1. The zero-order chi connectivity index (χ0) is 15.6. The number of rotatable bonds is 5.